The number of aliphatic hydroxyl groups is 1. The highest BCUT2D eigenvalue weighted by atomic mass is 16.4. The van der Waals surface area contributed by atoms with Crippen molar-refractivity contribution in [3.05, 3.63) is 0 Å². The third-order valence-corrected chi connectivity index (χ3v) is 0.490. The standard InChI is InChI=1S/C4H8N2O3/c7-2-1-5-6-3-4(8)9/h3,5,7H,1-2H2,(H,8,9). The minimum atomic E-state index is -1.11. The molecule has 0 spiro atoms. The number of carbonyl (C=O) groups is 1. The molecule has 0 radical (unpaired) electrons. The Morgan fingerprint density at radius 3 is 2.89 bits per heavy atom. The molecule has 0 aliphatic carbocycles. The van der Waals surface area contributed by atoms with Crippen molar-refractivity contribution in [2.45, 2.75) is 0 Å². The molecule has 0 aromatic heterocycles. The SMILES string of the molecule is O=C(O)C=NNCCO. The summed E-state index contributed by atoms with van der Waals surface area (Å²) in [5.41, 5.74) is 2.31. The molecule has 5 heteroatoms. The van der Waals surface area contributed by atoms with Gasteiger partial charge >= 0.3 is 5.97 Å². The van der Waals surface area contributed by atoms with Gasteiger partial charge in [-0.3, -0.25) is 0 Å². The summed E-state index contributed by atoms with van der Waals surface area (Å²) in [5.74, 6) is -1.11. The maximum atomic E-state index is 9.71. The molecule has 0 aromatic rings. The van der Waals surface area contributed by atoms with Crippen molar-refractivity contribution < 1.29 is 15.0 Å². The van der Waals surface area contributed by atoms with Gasteiger partial charge < -0.3 is 15.6 Å². The average Bonchev–Trinajstić information content (AvgIpc) is 1.80. The van der Waals surface area contributed by atoms with Crippen molar-refractivity contribution in [3.63, 3.8) is 0 Å². The largest absolute Gasteiger partial charge is 0.477 e. The van der Waals surface area contributed by atoms with Crippen LogP contribution in [0.15, 0.2) is 5.10 Å². The molecule has 0 heterocycles. The lowest BCUT2D eigenvalue weighted by atomic mass is 10.7. The summed E-state index contributed by atoms with van der Waals surface area (Å²) in [6.07, 6.45) is 0.718. The van der Waals surface area contributed by atoms with Gasteiger partial charge in [0.25, 0.3) is 0 Å². The predicted octanol–water partition coefficient (Wildman–Crippen LogP) is -1.36. The number of hydrogen-bond donors (Lipinski definition) is 3. The van der Waals surface area contributed by atoms with Gasteiger partial charge in [-0.2, -0.15) is 5.10 Å². The summed E-state index contributed by atoms with van der Waals surface area (Å²) in [6, 6.07) is 0. The lowest BCUT2D eigenvalue weighted by Crippen LogP contribution is -2.12. The van der Waals surface area contributed by atoms with Crippen LogP contribution in [0, 0.1) is 0 Å². The first-order chi connectivity index (χ1) is 4.27. The zero-order valence-electron chi connectivity index (χ0n) is 4.74. The molecule has 0 bridgehead atoms. The Bertz CT molecular complexity index is 112. The number of nitrogens with one attached hydrogen (secondary N) is 1. The highest BCUT2D eigenvalue weighted by molar-refractivity contribution is 6.21. The van der Waals surface area contributed by atoms with Crippen LogP contribution in [0.3, 0.4) is 0 Å². The predicted molar refractivity (Wildman–Crippen MR) is 31.2 cm³/mol. The van der Waals surface area contributed by atoms with Crippen LogP contribution in [0.2, 0.25) is 0 Å². The van der Waals surface area contributed by atoms with Crippen LogP contribution >= 0.6 is 0 Å². The molecule has 0 saturated heterocycles. The average molecular weight is 132 g/mol. The molecule has 0 saturated carbocycles. The lowest BCUT2D eigenvalue weighted by Gasteiger charge is -1.90. The third kappa shape index (κ3) is 6.90. The Kier molecular flexibility index (Phi) is 4.43. The molecular formula is C4H8N2O3. The zero-order chi connectivity index (χ0) is 7.11. The monoisotopic (exact) mass is 132 g/mol. The second-order valence-electron chi connectivity index (χ2n) is 1.23. The first kappa shape index (κ1) is 7.90. The van der Waals surface area contributed by atoms with E-state index in [1.807, 2.05) is 0 Å². The van der Waals surface area contributed by atoms with Gasteiger partial charge in [-0.25, -0.2) is 4.79 Å². The maximum Gasteiger partial charge on any atom is 0.348 e. The minimum absolute atomic E-state index is 0.0586. The summed E-state index contributed by atoms with van der Waals surface area (Å²) < 4.78 is 0. The molecule has 3 N–H and O–H groups in total. The van der Waals surface area contributed by atoms with Crippen LogP contribution in [-0.2, 0) is 4.79 Å². The Hall–Kier alpha value is -1.10. The second kappa shape index (κ2) is 5.04. The summed E-state index contributed by atoms with van der Waals surface area (Å²) in [6.45, 7) is 0.209. The van der Waals surface area contributed by atoms with E-state index in [-0.39, 0.29) is 13.2 Å². The fourth-order valence-electron chi connectivity index (χ4n) is 0.215. The highest BCUT2D eigenvalue weighted by Gasteiger charge is 1.83. The smallest absolute Gasteiger partial charge is 0.348 e. The van der Waals surface area contributed by atoms with Crippen LogP contribution in [0.1, 0.15) is 0 Å². The van der Waals surface area contributed by atoms with Crippen molar-refractivity contribution in [1.82, 2.24) is 5.43 Å². The summed E-state index contributed by atoms with van der Waals surface area (Å²) in [7, 11) is 0. The number of aliphatic carboxylic acids is 1. The molecule has 5 nitrogen and oxygen atoms in total. The summed E-state index contributed by atoms with van der Waals surface area (Å²) >= 11 is 0. The zero-order valence-corrected chi connectivity index (χ0v) is 4.74. The summed E-state index contributed by atoms with van der Waals surface area (Å²) in [5, 5.41) is 19.3. The van der Waals surface area contributed by atoms with Crippen LogP contribution in [0.5, 0.6) is 0 Å². The Morgan fingerprint density at radius 1 is 1.78 bits per heavy atom. The number of nitrogens with zero attached hydrogens (tertiary/aromatic N) is 1. The number of carboxylic acids is 1. The maximum absolute atomic E-state index is 9.71. The van der Waals surface area contributed by atoms with Crippen molar-refractivity contribution >= 4 is 12.2 Å². The molecule has 0 amide bonds. The van der Waals surface area contributed by atoms with Gasteiger partial charge in [0.2, 0.25) is 0 Å². The van der Waals surface area contributed by atoms with Gasteiger partial charge in [-0.15, -0.1) is 0 Å². The van der Waals surface area contributed by atoms with Crippen LogP contribution in [0.4, 0.5) is 0 Å². The molecule has 0 aliphatic heterocycles. The van der Waals surface area contributed by atoms with E-state index in [1.165, 1.54) is 0 Å². The fraction of sp³-hybridized carbons (Fsp3) is 0.500. The normalized spacial score (nSPS) is 9.89. The molecule has 0 atom stereocenters. The van der Waals surface area contributed by atoms with Gasteiger partial charge in [-0.05, 0) is 0 Å². The van der Waals surface area contributed by atoms with Crippen LogP contribution in [0.25, 0.3) is 0 Å². The number of hydrogen-bond acceptors (Lipinski definition) is 4. The molecule has 9 heavy (non-hydrogen) atoms. The molecular weight excluding hydrogens is 124 g/mol. The number of carboxylic acid groups (broad SMARTS) is 1. The number of hydrazone groups is 1. The minimum Gasteiger partial charge on any atom is -0.477 e. The Balaban J connectivity index is 3.15. The third-order valence-electron chi connectivity index (χ3n) is 0.490. The first-order valence-corrected chi connectivity index (χ1v) is 2.37. The van der Waals surface area contributed by atoms with E-state index in [9.17, 15) is 4.79 Å². The van der Waals surface area contributed by atoms with Gasteiger partial charge in [0, 0.05) is 0 Å². The van der Waals surface area contributed by atoms with E-state index >= 15 is 0 Å². The van der Waals surface area contributed by atoms with E-state index in [4.69, 9.17) is 10.2 Å². The number of rotatable bonds is 4. The van der Waals surface area contributed by atoms with Gasteiger partial charge in [0.15, 0.2) is 0 Å². The molecule has 52 valence electrons. The van der Waals surface area contributed by atoms with E-state index in [0.29, 0.717) is 0 Å². The Labute approximate surface area is 52.0 Å². The van der Waals surface area contributed by atoms with E-state index in [1.54, 1.807) is 0 Å². The van der Waals surface area contributed by atoms with E-state index < -0.39 is 5.97 Å². The molecule has 0 rings (SSSR count). The first-order valence-electron chi connectivity index (χ1n) is 2.37. The molecule has 0 unspecified atom stereocenters. The topological polar surface area (TPSA) is 81.9 Å². The van der Waals surface area contributed by atoms with Crippen molar-refractivity contribution in [2.75, 3.05) is 13.2 Å². The quantitative estimate of drug-likeness (QED) is 0.250. The van der Waals surface area contributed by atoms with Gasteiger partial charge in [0.1, 0.15) is 6.21 Å². The summed E-state index contributed by atoms with van der Waals surface area (Å²) in [4.78, 5) is 9.71. The van der Waals surface area contributed by atoms with E-state index in [2.05, 4.69) is 10.5 Å². The van der Waals surface area contributed by atoms with Crippen LogP contribution < -0.4 is 5.43 Å². The lowest BCUT2D eigenvalue weighted by molar-refractivity contribution is -0.128. The molecule has 0 aliphatic rings. The molecule has 0 fully saturated rings. The Morgan fingerprint density at radius 2 is 2.44 bits per heavy atom. The highest BCUT2D eigenvalue weighted by Crippen LogP contribution is 1.57. The van der Waals surface area contributed by atoms with Crippen molar-refractivity contribution in [3.8, 4) is 0 Å². The van der Waals surface area contributed by atoms with E-state index in [0.717, 1.165) is 6.21 Å². The molecule has 0 aromatic carbocycles. The van der Waals surface area contributed by atoms with Crippen molar-refractivity contribution in [1.29, 1.82) is 0 Å². The van der Waals surface area contributed by atoms with Crippen LogP contribution in [-0.4, -0.2) is 35.5 Å². The second-order valence-corrected chi connectivity index (χ2v) is 1.23. The number of aliphatic hydroxyl groups excluding tert-OH is 1. The van der Waals surface area contributed by atoms with Gasteiger partial charge in [0.05, 0.1) is 13.2 Å². The fourth-order valence-corrected chi connectivity index (χ4v) is 0.215. The van der Waals surface area contributed by atoms with Crippen molar-refractivity contribution in [2.24, 2.45) is 5.10 Å². The van der Waals surface area contributed by atoms with Gasteiger partial charge in [-0.1, -0.05) is 0 Å².